The first-order valence-electron chi connectivity index (χ1n) is 12.2. The summed E-state index contributed by atoms with van der Waals surface area (Å²) >= 11 is 0. The molecule has 6 rings (SSSR count). The Bertz CT molecular complexity index is 1750. The Hall–Kier alpha value is -5.39. The number of benzene rings is 1. The molecule has 5 aromatic rings. The highest BCUT2D eigenvalue weighted by Crippen LogP contribution is 2.38. The lowest BCUT2D eigenvalue weighted by Crippen LogP contribution is -2.37. The van der Waals surface area contributed by atoms with E-state index in [0.29, 0.717) is 40.1 Å². The summed E-state index contributed by atoms with van der Waals surface area (Å²) in [4.78, 5) is 18.9. The number of rotatable bonds is 8. The van der Waals surface area contributed by atoms with E-state index in [1.54, 1.807) is 37.4 Å². The Morgan fingerprint density at radius 2 is 1.93 bits per heavy atom. The summed E-state index contributed by atoms with van der Waals surface area (Å²) in [5, 5.41) is 28.1. The van der Waals surface area contributed by atoms with E-state index < -0.39 is 12.2 Å². The van der Waals surface area contributed by atoms with Gasteiger partial charge in [0.1, 0.15) is 23.2 Å². The van der Waals surface area contributed by atoms with Gasteiger partial charge in [-0.15, -0.1) is 10.2 Å². The molecular weight excluding hydrogens is 522 g/mol. The first kappa shape index (κ1) is 24.9. The molecule has 0 spiro atoms. The van der Waals surface area contributed by atoms with Crippen LogP contribution in [-0.4, -0.2) is 60.3 Å². The van der Waals surface area contributed by atoms with Crippen LogP contribution in [0.5, 0.6) is 5.75 Å². The third kappa shape index (κ3) is 4.55. The summed E-state index contributed by atoms with van der Waals surface area (Å²) < 4.78 is 32.8. The zero-order valence-electron chi connectivity index (χ0n) is 21.4. The second-order valence-electron chi connectivity index (χ2n) is 8.93. The number of aromatic amines is 1. The molecule has 202 valence electrons. The smallest absolute Gasteiger partial charge is 0.295 e. The SMILES string of the molecule is COc1c(Nc2cc(Nc3ccc(N4CCC4)c(C#N)n3)nc3[nH]c(C(F)F)nc23)cccc1-c1nnn(C)n1. The fraction of sp³-hybridized carbons (Fsp3) is 0.240. The van der Waals surface area contributed by atoms with Gasteiger partial charge in [-0.3, -0.25) is 0 Å². The molecule has 15 heteroatoms. The predicted octanol–water partition coefficient (Wildman–Crippen LogP) is 4.06. The van der Waals surface area contributed by atoms with Crippen molar-refractivity contribution in [2.24, 2.45) is 7.05 Å². The number of pyridine rings is 2. The number of nitriles is 1. The second kappa shape index (κ2) is 10.1. The number of halogens is 2. The number of fused-ring (bicyclic) bond motifs is 1. The number of aromatic nitrogens is 8. The molecule has 1 aromatic carbocycles. The molecule has 0 saturated carbocycles. The number of hydrogen-bond donors (Lipinski definition) is 3. The van der Waals surface area contributed by atoms with Gasteiger partial charge in [-0.1, -0.05) is 6.07 Å². The lowest BCUT2D eigenvalue weighted by molar-refractivity contribution is 0.142. The Labute approximate surface area is 225 Å². The minimum absolute atomic E-state index is 0.131. The van der Waals surface area contributed by atoms with Crippen molar-refractivity contribution in [1.82, 2.24) is 40.1 Å². The molecule has 0 atom stereocenters. The topological polar surface area (TPSA) is 158 Å². The molecule has 1 saturated heterocycles. The van der Waals surface area contributed by atoms with Crippen molar-refractivity contribution in [3.05, 3.63) is 47.9 Å². The predicted molar refractivity (Wildman–Crippen MR) is 142 cm³/mol. The van der Waals surface area contributed by atoms with E-state index in [1.807, 2.05) is 6.07 Å². The number of aryl methyl sites for hydroxylation is 1. The number of imidazole rings is 1. The van der Waals surface area contributed by atoms with Crippen molar-refractivity contribution in [2.45, 2.75) is 12.8 Å². The maximum Gasteiger partial charge on any atom is 0.295 e. The van der Waals surface area contributed by atoms with Crippen LogP contribution in [0.4, 0.5) is 37.5 Å². The normalized spacial score (nSPS) is 12.8. The number of anilines is 5. The highest BCUT2D eigenvalue weighted by molar-refractivity contribution is 5.92. The first-order chi connectivity index (χ1) is 19.4. The number of nitrogens with one attached hydrogen (secondary N) is 3. The molecule has 0 bridgehead atoms. The number of hydrogen-bond acceptors (Lipinski definition) is 11. The quantitative estimate of drug-likeness (QED) is 0.259. The summed E-state index contributed by atoms with van der Waals surface area (Å²) in [6, 6.07) is 12.6. The molecule has 0 radical (unpaired) electrons. The molecule has 1 fully saturated rings. The van der Waals surface area contributed by atoms with Gasteiger partial charge in [0.05, 0.1) is 36.8 Å². The van der Waals surface area contributed by atoms with Crippen LogP contribution in [0.15, 0.2) is 36.4 Å². The molecule has 3 N–H and O–H groups in total. The van der Waals surface area contributed by atoms with Crippen molar-refractivity contribution in [3.8, 4) is 23.2 Å². The Morgan fingerprint density at radius 3 is 2.60 bits per heavy atom. The summed E-state index contributed by atoms with van der Waals surface area (Å²) in [6.07, 6.45) is -1.76. The lowest BCUT2D eigenvalue weighted by atomic mass is 10.1. The molecule has 0 aliphatic carbocycles. The maximum atomic E-state index is 13.5. The second-order valence-corrected chi connectivity index (χ2v) is 8.93. The maximum absolute atomic E-state index is 13.5. The highest BCUT2D eigenvalue weighted by atomic mass is 19.3. The van der Waals surface area contributed by atoms with Crippen molar-refractivity contribution in [1.29, 1.82) is 5.26 Å². The Balaban J connectivity index is 1.40. The van der Waals surface area contributed by atoms with Gasteiger partial charge in [-0.25, -0.2) is 23.7 Å². The number of ether oxygens (including phenoxy) is 1. The fourth-order valence-corrected chi connectivity index (χ4v) is 4.39. The van der Waals surface area contributed by atoms with E-state index in [4.69, 9.17) is 4.74 Å². The highest BCUT2D eigenvalue weighted by Gasteiger charge is 2.21. The third-order valence-electron chi connectivity index (χ3n) is 6.35. The lowest BCUT2D eigenvalue weighted by Gasteiger charge is -2.33. The molecule has 13 nitrogen and oxygen atoms in total. The number of methoxy groups -OCH3 is 1. The number of alkyl halides is 2. The molecular formula is C25H22F2N12O. The molecule has 0 unspecified atom stereocenters. The molecule has 0 amide bonds. The Kier molecular flexibility index (Phi) is 6.27. The standard InChI is InChI=1S/C25H22F2N12O/c1-38-36-23(35-37-38)13-5-3-6-14(21(13)40-2)29-15-11-19(32-24-20(15)33-25(34-24)22(26)27)31-18-8-7-17(16(12-28)30-18)39-9-4-10-39/h3,5-8,11,22H,4,9-10H2,1-2H3,(H3,29,30,31,32,33,34). The summed E-state index contributed by atoms with van der Waals surface area (Å²) in [6.45, 7) is 1.75. The Morgan fingerprint density at radius 1 is 1.07 bits per heavy atom. The molecule has 4 aromatic heterocycles. The van der Waals surface area contributed by atoms with Crippen LogP contribution in [0.2, 0.25) is 0 Å². The van der Waals surface area contributed by atoms with Crippen molar-refractivity contribution >= 4 is 39.9 Å². The van der Waals surface area contributed by atoms with Crippen LogP contribution in [0.1, 0.15) is 24.4 Å². The van der Waals surface area contributed by atoms with Crippen LogP contribution in [0.3, 0.4) is 0 Å². The zero-order chi connectivity index (χ0) is 27.8. The molecule has 1 aliphatic heterocycles. The van der Waals surface area contributed by atoms with Gasteiger partial charge >= 0.3 is 0 Å². The van der Waals surface area contributed by atoms with Crippen LogP contribution in [-0.2, 0) is 7.05 Å². The van der Waals surface area contributed by atoms with Crippen molar-refractivity contribution in [2.75, 3.05) is 35.7 Å². The molecule has 5 heterocycles. The third-order valence-corrected chi connectivity index (χ3v) is 6.35. The summed E-state index contributed by atoms with van der Waals surface area (Å²) in [5.41, 5.74) is 2.84. The van der Waals surface area contributed by atoms with E-state index in [2.05, 4.69) is 56.9 Å². The van der Waals surface area contributed by atoms with E-state index in [0.717, 1.165) is 25.2 Å². The molecule has 40 heavy (non-hydrogen) atoms. The van der Waals surface area contributed by atoms with E-state index in [-0.39, 0.29) is 16.9 Å². The monoisotopic (exact) mass is 544 g/mol. The van der Waals surface area contributed by atoms with Crippen LogP contribution >= 0.6 is 0 Å². The van der Waals surface area contributed by atoms with Gasteiger partial charge < -0.3 is 25.3 Å². The minimum atomic E-state index is -2.83. The van der Waals surface area contributed by atoms with Gasteiger partial charge in [-0.2, -0.15) is 10.1 Å². The minimum Gasteiger partial charge on any atom is -0.494 e. The average Bonchev–Trinajstić information content (AvgIpc) is 3.55. The zero-order valence-corrected chi connectivity index (χ0v) is 21.4. The first-order valence-corrected chi connectivity index (χ1v) is 12.2. The van der Waals surface area contributed by atoms with Crippen LogP contribution in [0, 0.1) is 11.3 Å². The largest absolute Gasteiger partial charge is 0.494 e. The summed E-state index contributed by atoms with van der Waals surface area (Å²) in [7, 11) is 3.15. The van der Waals surface area contributed by atoms with E-state index >= 15 is 0 Å². The number of nitrogens with zero attached hydrogens (tertiary/aromatic N) is 9. The van der Waals surface area contributed by atoms with Gasteiger partial charge in [-0.05, 0) is 35.9 Å². The number of tetrazole rings is 1. The number of H-pyrrole nitrogens is 1. The molecule has 1 aliphatic rings. The van der Waals surface area contributed by atoms with Crippen LogP contribution < -0.4 is 20.3 Å². The van der Waals surface area contributed by atoms with Crippen molar-refractivity contribution < 1.29 is 13.5 Å². The number of para-hydroxylation sites is 1. The average molecular weight is 545 g/mol. The van der Waals surface area contributed by atoms with Crippen molar-refractivity contribution in [3.63, 3.8) is 0 Å². The van der Waals surface area contributed by atoms with Gasteiger partial charge in [0.25, 0.3) is 6.43 Å². The van der Waals surface area contributed by atoms with Gasteiger partial charge in [0.15, 0.2) is 22.9 Å². The van der Waals surface area contributed by atoms with Gasteiger partial charge in [0, 0.05) is 19.2 Å². The fourth-order valence-electron chi connectivity index (χ4n) is 4.39. The van der Waals surface area contributed by atoms with Crippen LogP contribution in [0.25, 0.3) is 22.6 Å². The summed E-state index contributed by atoms with van der Waals surface area (Å²) in [5.74, 6) is 0.919. The van der Waals surface area contributed by atoms with Gasteiger partial charge in [0.2, 0.25) is 5.82 Å². The van der Waals surface area contributed by atoms with E-state index in [1.165, 1.54) is 11.9 Å². The van der Waals surface area contributed by atoms with E-state index in [9.17, 15) is 14.0 Å².